The summed E-state index contributed by atoms with van der Waals surface area (Å²) in [6.45, 7) is 5.01. The molecule has 0 unspecified atom stereocenters. The molecule has 0 aliphatic rings. The van der Waals surface area contributed by atoms with Gasteiger partial charge in [-0.15, -0.1) is 0 Å². The average Bonchev–Trinajstić information content (AvgIpc) is 2.63. The molecule has 0 aliphatic heterocycles. The van der Waals surface area contributed by atoms with Gasteiger partial charge in [0.1, 0.15) is 6.04 Å². The van der Waals surface area contributed by atoms with Crippen molar-refractivity contribution in [1.82, 2.24) is 5.32 Å². The zero-order chi connectivity index (χ0) is 22.9. The molecule has 2 atom stereocenters. The summed E-state index contributed by atoms with van der Waals surface area (Å²) in [6.07, 6.45) is 2.14. The van der Waals surface area contributed by atoms with Crippen LogP contribution in [0, 0.1) is 6.92 Å². The quantitative estimate of drug-likeness (QED) is 0.667. The first kappa shape index (κ1) is 24.2. The Morgan fingerprint density at radius 3 is 2.03 bits per heavy atom. The summed E-state index contributed by atoms with van der Waals surface area (Å²) in [7, 11) is -7.09. The van der Waals surface area contributed by atoms with Gasteiger partial charge < -0.3 is 5.32 Å². The molecule has 2 aromatic carbocycles. The minimum absolute atomic E-state index is 0.178. The van der Waals surface area contributed by atoms with Gasteiger partial charge in [0.25, 0.3) is 0 Å². The SMILES string of the molecule is Cc1ccc(N([C@@H](C)C(=O)N[C@@H](C)c2ccc(S(C)(=O)=O)cc2)S(C)(=O)=O)cc1Cl. The van der Waals surface area contributed by atoms with Crippen molar-refractivity contribution < 1.29 is 21.6 Å². The Hall–Kier alpha value is -2.10. The molecule has 10 heteroatoms. The minimum Gasteiger partial charge on any atom is -0.348 e. The van der Waals surface area contributed by atoms with E-state index in [0.29, 0.717) is 16.3 Å². The number of hydrogen-bond donors (Lipinski definition) is 1. The van der Waals surface area contributed by atoms with E-state index in [0.717, 1.165) is 22.4 Å². The van der Waals surface area contributed by atoms with Crippen molar-refractivity contribution in [3.05, 3.63) is 58.6 Å². The van der Waals surface area contributed by atoms with Crippen LogP contribution in [-0.2, 0) is 24.7 Å². The highest BCUT2D eigenvalue weighted by Gasteiger charge is 2.30. The highest BCUT2D eigenvalue weighted by molar-refractivity contribution is 7.92. The zero-order valence-electron chi connectivity index (χ0n) is 17.4. The first-order chi connectivity index (χ1) is 13.7. The number of halogens is 1. The van der Waals surface area contributed by atoms with Gasteiger partial charge in [-0.2, -0.15) is 0 Å². The standard InChI is InChI=1S/C20H25ClN2O5S2/c1-13-6-9-17(12-19(13)21)23(30(5,27)28)15(3)20(24)22-14(2)16-7-10-18(11-8-16)29(4,25)26/h6-12,14-15H,1-5H3,(H,22,24)/t14-,15-/m0/s1. The van der Waals surface area contributed by atoms with Gasteiger partial charge in [-0.3, -0.25) is 9.10 Å². The molecular formula is C20H25ClN2O5S2. The molecule has 7 nitrogen and oxygen atoms in total. The molecule has 30 heavy (non-hydrogen) atoms. The molecule has 0 fully saturated rings. The van der Waals surface area contributed by atoms with E-state index in [1.165, 1.54) is 25.1 Å². The van der Waals surface area contributed by atoms with Crippen molar-refractivity contribution in [2.24, 2.45) is 0 Å². The van der Waals surface area contributed by atoms with E-state index in [-0.39, 0.29) is 4.90 Å². The van der Waals surface area contributed by atoms with E-state index < -0.39 is 37.9 Å². The second-order valence-corrected chi connectivity index (χ2v) is 11.5. The molecule has 0 radical (unpaired) electrons. The van der Waals surface area contributed by atoms with Crippen molar-refractivity contribution >= 4 is 43.1 Å². The minimum atomic E-state index is -3.77. The molecule has 2 rings (SSSR count). The summed E-state index contributed by atoms with van der Waals surface area (Å²) in [5, 5.41) is 3.17. The summed E-state index contributed by atoms with van der Waals surface area (Å²) in [5.41, 5.74) is 1.77. The maximum absolute atomic E-state index is 12.8. The summed E-state index contributed by atoms with van der Waals surface area (Å²) in [5.74, 6) is -0.503. The Morgan fingerprint density at radius 1 is 1.00 bits per heavy atom. The highest BCUT2D eigenvalue weighted by Crippen LogP contribution is 2.27. The van der Waals surface area contributed by atoms with Crippen LogP contribution in [0.4, 0.5) is 5.69 Å². The number of nitrogens with one attached hydrogen (secondary N) is 1. The fraction of sp³-hybridized carbons (Fsp3) is 0.350. The molecule has 164 valence electrons. The van der Waals surface area contributed by atoms with Gasteiger partial charge in [0, 0.05) is 11.3 Å². The largest absolute Gasteiger partial charge is 0.348 e. The van der Waals surface area contributed by atoms with Gasteiger partial charge in [-0.25, -0.2) is 16.8 Å². The van der Waals surface area contributed by atoms with Crippen LogP contribution >= 0.6 is 11.6 Å². The fourth-order valence-corrected chi connectivity index (χ4v) is 4.92. The van der Waals surface area contributed by atoms with Crippen LogP contribution in [-0.4, -0.2) is 41.3 Å². The number of benzene rings is 2. The predicted molar refractivity (Wildman–Crippen MR) is 119 cm³/mol. The molecule has 2 aromatic rings. The average molecular weight is 473 g/mol. The van der Waals surface area contributed by atoms with Crippen molar-refractivity contribution in [2.45, 2.75) is 37.8 Å². The fourth-order valence-electron chi connectivity index (χ4n) is 2.95. The monoisotopic (exact) mass is 472 g/mol. The smallest absolute Gasteiger partial charge is 0.244 e. The lowest BCUT2D eigenvalue weighted by atomic mass is 10.1. The molecule has 0 saturated carbocycles. The van der Waals surface area contributed by atoms with Crippen molar-refractivity contribution in [1.29, 1.82) is 0 Å². The van der Waals surface area contributed by atoms with Gasteiger partial charge in [-0.05, 0) is 56.2 Å². The van der Waals surface area contributed by atoms with Gasteiger partial charge in [-0.1, -0.05) is 29.8 Å². The molecule has 1 amide bonds. The molecule has 0 aliphatic carbocycles. The predicted octanol–water partition coefficient (Wildman–Crippen LogP) is 3.08. The zero-order valence-corrected chi connectivity index (χ0v) is 19.8. The normalized spacial score (nSPS) is 14.1. The Bertz CT molecular complexity index is 1150. The summed E-state index contributed by atoms with van der Waals surface area (Å²) < 4.78 is 49.0. The molecular weight excluding hydrogens is 448 g/mol. The van der Waals surface area contributed by atoms with E-state index in [2.05, 4.69) is 5.32 Å². The number of hydrogen-bond acceptors (Lipinski definition) is 5. The van der Waals surface area contributed by atoms with E-state index in [1.807, 2.05) is 0 Å². The van der Waals surface area contributed by atoms with Crippen LogP contribution in [0.25, 0.3) is 0 Å². The lowest BCUT2D eigenvalue weighted by Gasteiger charge is -2.29. The van der Waals surface area contributed by atoms with Crippen LogP contribution in [0.2, 0.25) is 5.02 Å². The van der Waals surface area contributed by atoms with Crippen LogP contribution in [0.3, 0.4) is 0 Å². The molecule has 0 heterocycles. The van der Waals surface area contributed by atoms with Gasteiger partial charge >= 0.3 is 0 Å². The second-order valence-electron chi connectivity index (χ2n) is 7.24. The molecule has 0 saturated heterocycles. The third-order valence-corrected chi connectivity index (χ3v) is 7.44. The first-order valence-electron chi connectivity index (χ1n) is 9.07. The Labute approximate surface area is 183 Å². The number of anilines is 1. The highest BCUT2D eigenvalue weighted by atomic mass is 35.5. The second kappa shape index (κ2) is 8.95. The number of sulfone groups is 1. The molecule has 0 spiro atoms. The first-order valence-corrected chi connectivity index (χ1v) is 13.2. The summed E-state index contributed by atoms with van der Waals surface area (Å²) in [6, 6.07) is 9.45. The molecule has 1 N–H and O–H groups in total. The van der Waals surface area contributed by atoms with E-state index in [4.69, 9.17) is 11.6 Å². The van der Waals surface area contributed by atoms with Crippen molar-refractivity contribution in [2.75, 3.05) is 16.8 Å². The number of carbonyl (C=O) groups excluding carboxylic acids is 1. The topological polar surface area (TPSA) is 101 Å². The van der Waals surface area contributed by atoms with Crippen LogP contribution in [0.15, 0.2) is 47.4 Å². The number of amides is 1. The number of rotatable bonds is 7. The Kier molecular flexibility index (Phi) is 7.21. The summed E-state index contributed by atoms with van der Waals surface area (Å²) >= 11 is 6.14. The lowest BCUT2D eigenvalue weighted by Crippen LogP contribution is -2.48. The van der Waals surface area contributed by atoms with Gasteiger partial charge in [0.05, 0.1) is 22.9 Å². The molecule has 0 aromatic heterocycles. The van der Waals surface area contributed by atoms with E-state index >= 15 is 0 Å². The number of sulfonamides is 1. The van der Waals surface area contributed by atoms with Crippen molar-refractivity contribution in [3.8, 4) is 0 Å². The Balaban J connectivity index is 2.25. The van der Waals surface area contributed by atoms with Crippen LogP contribution in [0.1, 0.15) is 31.0 Å². The number of aryl methyl sites for hydroxylation is 1. The third kappa shape index (κ3) is 5.74. The van der Waals surface area contributed by atoms with Gasteiger partial charge in [0.15, 0.2) is 9.84 Å². The van der Waals surface area contributed by atoms with Crippen molar-refractivity contribution in [3.63, 3.8) is 0 Å². The number of carbonyl (C=O) groups is 1. The Morgan fingerprint density at radius 2 is 1.57 bits per heavy atom. The maximum Gasteiger partial charge on any atom is 0.244 e. The number of nitrogens with zero attached hydrogens (tertiary/aromatic N) is 1. The maximum atomic E-state index is 12.8. The van der Waals surface area contributed by atoms with Crippen LogP contribution in [0.5, 0.6) is 0 Å². The van der Waals surface area contributed by atoms with Gasteiger partial charge in [0.2, 0.25) is 15.9 Å². The third-order valence-electron chi connectivity index (χ3n) is 4.67. The lowest BCUT2D eigenvalue weighted by molar-refractivity contribution is -0.122. The van der Waals surface area contributed by atoms with Crippen LogP contribution < -0.4 is 9.62 Å². The summed E-state index contributed by atoms with van der Waals surface area (Å²) in [4.78, 5) is 13.0. The molecule has 0 bridgehead atoms. The van der Waals surface area contributed by atoms with E-state index in [1.54, 1.807) is 38.1 Å². The van der Waals surface area contributed by atoms with E-state index in [9.17, 15) is 21.6 Å².